The molecule has 0 aromatic carbocycles. The highest BCUT2D eigenvalue weighted by Crippen LogP contribution is 2.31. The van der Waals surface area contributed by atoms with Crippen molar-refractivity contribution in [3.05, 3.63) is 0 Å². The lowest BCUT2D eigenvalue weighted by molar-refractivity contribution is 0.0528. The van der Waals surface area contributed by atoms with Gasteiger partial charge in [-0.1, -0.05) is 20.3 Å². The van der Waals surface area contributed by atoms with Gasteiger partial charge in [0.15, 0.2) is 0 Å². The number of nitriles is 1. The van der Waals surface area contributed by atoms with E-state index in [9.17, 15) is 5.26 Å². The molecule has 92 valence electrons. The molecule has 0 aromatic rings. The Labute approximate surface area is 99.2 Å². The van der Waals surface area contributed by atoms with Gasteiger partial charge in [0.05, 0.1) is 12.2 Å². The molecule has 0 spiro atoms. The SMILES string of the molecule is CCCCOC1CCC(C#N)(NCCC)C1. The maximum atomic E-state index is 9.26. The van der Waals surface area contributed by atoms with Crippen LogP contribution in [0.1, 0.15) is 52.4 Å². The van der Waals surface area contributed by atoms with E-state index in [0.29, 0.717) is 0 Å². The molecule has 0 aromatic heterocycles. The van der Waals surface area contributed by atoms with E-state index in [4.69, 9.17) is 4.74 Å². The molecule has 16 heavy (non-hydrogen) atoms. The van der Waals surface area contributed by atoms with E-state index in [1.165, 1.54) is 6.42 Å². The molecule has 0 heterocycles. The summed E-state index contributed by atoms with van der Waals surface area (Å²) in [5.74, 6) is 0. The number of hydrogen-bond acceptors (Lipinski definition) is 3. The summed E-state index contributed by atoms with van der Waals surface area (Å²) in [5.41, 5.74) is -0.313. The molecule has 1 aliphatic rings. The summed E-state index contributed by atoms with van der Waals surface area (Å²) < 4.78 is 5.79. The Morgan fingerprint density at radius 1 is 1.44 bits per heavy atom. The topological polar surface area (TPSA) is 45.0 Å². The van der Waals surface area contributed by atoms with E-state index in [1.54, 1.807) is 0 Å². The first-order valence-electron chi connectivity index (χ1n) is 6.54. The van der Waals surface area contributed by atoms with E-state index < -0.39 is 0 Å². The summed E-state index contributed by atoms with van der Waals surface area (Å²) in [5, 5.41) is 12.6. The second kappa shape index (κ2) is 6.88. The Balaban J connectivity index is 2.33. The first kappa shape index (κ1) is 13.5. The molecule has 3 heteroatoms. The zero-order chi connectivity index (χ0) is 11.9. The van der Waals surface area contributed by atoms with Crippen molar-refractivity contribution in [2.75, 3.05) is 13.2 Å². The van der Waals surface area contributed by atoms with E-state index in [-0.39, 0.29) is 11.6 Å². The predicted octanol–water partition coefficient (Wildman–Crippen LogP) is 2.62. The first-order valence-corrected chi connectivity index (χ1v) is 6.54. The molecule has 1 saturated carbocycles. The standard InChI is InChI=1S/C13H24N2O/c1-3-5-9-16-12-6-7-13(10-12,11-14)15-8-4-2/h12,15H,3-10H2,1-2H3. The van der Waals surface area contributed by atoms with Gasteiger partial charge >= 0.3 is 0 Å². The van der Waals surface area contributed by atoms with Crippen LogP contribution in [0.3, 0.4) is 0 Å². The number of rotatable bonds is 7. The third-order valence-electron chi connectivity index (χ3n) is 3.25. The lowest BCUT2D eigenvalue weighted by Crippen LogP contribution is -2.42. The molecule has 1 aliphatic carbocycles. The summed E-state index contributed by atoms with van der Waals surface area (Å²) in [6.07, 6.45) is 6.46. The van der Waals surface area contributed by atoms with Gasteiger partial charge in [0.1, 0.15) is 5.54 Å². The van der Waals surface area contributed by atoms with Crippen molar-refractivity contribution in [1.82, 2.24) is 5.32 Å². The molecule has 0 saturated heterocycles. The van der Waals surface area contributed by atoms with Gasteiger partial charge in [-0.25, -0.2) is 0 Å². The summed E-state index contributed by atoms with van der Waals surface area (Å²) in [7, 11) is 0. The zero-order valence-electron chi connectivity index (χ0n) is 10.6. The molecule has 1 rings (SSSR count). The minimum absolute atomic E-state index is 0.288. The first-order chi connectivity index (χ1) is 7.76. The highest BCUT2D eigenvalue weighted by molar-refractivity contribution is 5.12. The Morgan fingerprint density at radius 2 is 2.25 bits per heavy atom. The number of hydrogen-bond donors (Lipinski definition) is 1. The van der Waals surface area contributed by atoms with Crippen LogP contribution in [0.15, 0.2) is 0 Å². The Bertz CT molecular complexity index is 237. The van der Waals surface area contributed by atoms with E-state index >= 15 is 0 Å². The normalized spacial score (nSPS) is 29.2. The quantitative estimate of drug-likeness (QED) is 0.676. The Hall–Kier alpha value is -0.590. The van der Waals surface area contributed by atoms with E-state index in [2.05, 4.69) is 25.2 Å². The summed E-state index contributed by atoms with van der Waals surface area (Å²) in [6.45, 7) is 6.06. The van der Waals surface area contributed by atoms with Gasteiger partial charge in [-0.3, -0.25) is 5.32 Å². The van der Waals surface area contributed by atoms with Crippen molar-refractivity contribution in [2.45, 2.75) is 64.0 Å². The fourth-order valence-electron chi connectivity index (χ4n) is 2.20. The second-order valence-corrected chi connectivity index (χ2v) is 4.71. The predicted molar refractivity (Wildman–Crippen MR) is 65.1 cm³/mol. The van der Waals surface area contributed by atoms with Gasteiger partial charge in [-0.15, -0.1) is 0 Å². The van der Waals surface area contributed by atoms with Crippen molar-refractivity contribution >= 4 is 0 Å². The largest absolute Gasteiger partial charge is 0.378 e. The monoisotopic (exact) mass is 224 g/mol. The molecular formula is C13H24N2O. The molecule has 0 radical (unpaired) electrons. The van der Waals surface area contributed by atoms with Crippen molar-refractivity contribution in [1.29, 1.82) is 5.26 Å². The fourth-order valence-corrected chi connectivity index (χ4v) is 2.20. The maximum absolute atomic E-state index is 9.26. The van der Waals surface area contributed by atoms with E-state index in [1.807, 2.05) is 0 Å². The summed E-state index contributed by atoms with van der Waals surface area (Å²) >= 11 is 0. The van der Waals surface area contributed by atoms with Crippen LogP contribution in [0.5, 0.6) is 0 Å². The van der Waals surface area contributed by atoms with Crippen molar-refractivity contribution in [3.63, 3.8) is 0 Å². The Morgan fingerprint density at radius 3 is 2.88 bits per heavy atom. The lowest BCUT2D eigenvalue weighted by atomic mass is 9.99. The van der Waals surface area contributed by atoms with Crippen LogP contribution in [0.4, 0.5) is 0 Å². The Kier molecular flexibility index (Phi) is 5.79. The van der Waals surface area contributed by atoms with Gasteiger partial charge in [0.25, 0.3) is 0 Å². The number of nitrogens with zero attached hydrogens (tertiary/aromatic N) is 1. The molecule has 0 aliphatic heterocycles. The molecular weight excluding hydrogens is 200 g/mol. The number of nitrogens with one attached hydrogen (secondary N) is 1. The van der Waals surface area contributed by atoms with Gasteiger partial charge in [-0.2, -0.15) is 5.26 Å². The lowest BCUT2D eigenvalue weighted by Gasteiger charge is -2.22. The van der Waals surface area contributed by atoms with Crippen LogP contribution in [-0.4, -0.2) is 24.8 Å². The smallest absolute Gasteiger partial charge is 0.109 e. The van der Waals surface area contributed by atoms with Crippen LogP contribution in [0.2, 0.25) is 0 Å². The molecule has 1 fully saturated rings. The summed E-state index contributed by atoms with van der Waals surface area (Å²) in [4.78, 5) is 0. The maximum Gasteiger partial charge on any atom is 0.109 e. The van der Waals surface area contributed by atoms with Crippen molar-refractivity contribution in [2.24, 2.45) is 0 Å². The van der Waals surface area contributed by atoms with Gasteiger partial charge in [-0.05, 0) is 32.2 Å². The highest BCUT2D eigenvalue weighted by Gasteiger charge is 2.39. The average molecular weight is 224 g/mol. The van der Waals surface area contributed by atoms with Gasteiger partial charge in [0.2, 0.25) is 0 Å². The molecule has 2 atom stereocenters. The minimum atomic E-state index is -0.313. The van der Waals surface area contributed by atoms with E-state index in [0.717, 1.165) is 45.3 Å². The second-order valence-electron chi connectivity index (χ2n) is 4.71. The van der Waals surface area contributed by atoms with Crippen LogP contribution >= 0.6 is 0 Å². The highest BCUT2D eigenvalue weighted by atomic mass is 16.5. The van der Waals surface area contributed by atoms with Crippen molar-refractivity contribution < 1.29 is 4.74 Å². The van der Waals surface area contributed by atoms with Crippen LogP contribution in [0, 0.1) is 11.3 Å². The average Bonchev–Trinajstić information content (AvgIpc) is 2.71. The van der Waals surface area contributed by atoms with Crippen molar-refractivity contribution in [3.8, 4) is 6.07 Å². The third-order valence-corrected chi connectivity index (χ3v) is 3.25. The van der Waals surface area contributed by atoms with Crippen LogP contribution < -0.4 is 5.32 Å². The van der Waals surface area contributed by atoms with Gasteiger partial charge < -0.3 is 4.74 Å². The molecule has 0 bridgehead atoms. The molecule has 2 unspecified atom stereocenters. The third kappa shape index (κ3) is 3.77. The number of unbranched alkanes of at least 4 members (excludes halogenated alkanes) is 1. The van der Waals surface area contributed by atoms with Crippen LogP contribution in [0.25, 0.3) is 0 Å². The van der Waals surface area contributed by atoms with Crippen LogP contribution in [-0.2, 0) is 4.74 Å². The summed E-state index contributed by atoms with van der Waals surface area (Å²) in [6, 6.07) is 2.44. The van der Waals surface area contributed by atoms with Gasteiger partial charge in [0, 0.05) is 13.0 Å². The molecule has 0 amide bonds. The fraction of sp³-hybridized carbons (Fsp3) is 0.923. The molecule has 1 N–H and O–H groups in total. The molecule has 3 nitrogen and oxygen atoms in total. The minimum Gasteiger partial charge on any atom is -0.378 e. The number of ether oxygens (including phenoxy) is 1. The zero-order valence-corrected chi connectivity index (χ0v) is 10.6.